The molecule has 0 aliphatic rings. The number of anilines is 1. The van der Waals surface area contributed by atoms with Crippen LogP contribution in [0.4, 0.5) is 5.13 Å². The Labute approximate surface area is 164 Å². The van der Waals surface area contributed by atoms with Crippen molar-refractivity contribution in [2.75, 3.05) is 5.32 Å². The van der Waals surface area contributed by atoms with Crippen molar-refractivity contribution in [2.45, 2.75) is 6.92 Å². The molecule has 1 N–H and O–H groups in total. The summed E-state index contributed by atoms with van der Waals surface area (Å²) in [5.41, 5.74) is 1.79. The van der Waals surface area contributed by atoms with E-state index in [1.54, 1.807) is 35.4 Å². The summed E-state index contributed by atoms with van der Waals surface area (Å²) in [7, 11) is 0. The number of nitrogens with zero attached hydrogens (tertiary/aromatic N) is 4. The Morgan fingerprint density at radius 3 is 2.57 bits per heavy atom. The first-order chi connectivity index (χ1) is 13.6. The third kappa shape index (κ3) is 3.58. The van der Waals surface area contributed by atoms with E-state index in [9.17, 15) is 9.59 Å². The SMILES string of the molecule is CC(=O)c1sc(NC(=O)c2ccc(-n3ccnc3)nc2)nc1-c1ccccc1. The molecule has 0 aliphatic heterocycles. The van der Waals surface area contributed by atoms with Crippen molar-refractivity contribution >= 4 is 28.2 Å². The molecule has 0 atom stereocenters. The van der Waals surface area contributed by atoms with E-state index < -0.39 is 0 Å². The largest absolute Gasteiger partial charge is 0.298 e. The van der Waals surface area contributed by atoms with E-state index in [1.165, 1.54) is 13.1 Å². The van der Waals surface area contributed by atoms with Crippen molar-refractivity contribution < 1.29 is 9.59 Å². The number of carbonyl (C=O) groups excluding carboxylic acids is 2. The molecule has 7 nitrogen and oxygen atoms in total. The van der Waals surface area contributed by atoms with Gasteiger partial charge in [-0.25, -0.2) is 15.0 Å². The molecule has 1 amide bonds. The molecular weight excluding hydrogens is 374 g/mol. The maximum Gasteiger partial charge on any atom is 0.259 e. The zero-order valence-electron chi connectivity index (χ0n) is 14.9. The second kappa shape index (κ2) is 7.53. The summed E-state index contributed by atoms with van der Waals surface area (Å²) in [4.78, 5) is 37.8. The molecule has 0 radical (unpaired) electrons. The molecule has 0 bridgehead atoms. The van der Waals surface area contributed by atoms with Crippen molar-refractivity contribution in [1.82, 2.24) is 19.5 Å². The van der Waals surface area contributed by atoms with Gasteiger partial charge in [0.25, 0.3) is 5.91 Å². The normalized spacial score (nSPS) is 10.6. The molecule has 28 heavy (non-hydrogen) atoms. The average molecular weight is 389 g/mol. The molecule has 0 saturated heterocycles. The third-order valence-corrected chi connectivity index (χ3v) is 5.07. The Morgan fingerprint density at radius 2 is 1.93 bits per heavy atom. The Hall–Kier alpha value is -3.65. The third-order valence-electron chi connectivity index (χ3n) is 3.99. The Bertz CT molecular complexity index is 1120. The fourth-order valence-electron chi connectivity index (χ4n) is 2.64. The molecule has 0 saturated carbocycles. The van der Waals surface area contributed by atoms with Crippen LogP contribution in [-0.4, -0.2) is 31.2 Å². The second-order valence-corrected chi connectivity index (χ2v) is 6.95. The number of ketones is 1. The lowest BCUT2D eigenvalue weighted by atomic mass is 10.1. The number of benzene rings is 1. The van der Waals surface area contributed by atoms with Crippen molar-refractivity contribution in [1.29, 1.82) is 0 Å². The number of hydrogen-bond donors (Lipinski definition) is 1. The molecule has 0 spiro atoms. The first-order valence-corrected chi connectivity index (χ1v) is 9.26. The molecule has 4 rings (SSSR count). The van der Waals surface area contributed by atoms with Crippen LogP contribution in [0.3, 0.4) is 0 Å². The minimum Gasteiger partial charge on any atom is -0.298 e. The van der Waals surface area contributed by atoms with Crippen LogP contribution in [0.5, 0.6) is 0 Å². The average Bonchev–Trinajstić information content (AvgIpc) is 3.39. The zero-order valence-corrected chi connectivity index (χ0v) is 15.7. The van der Waals surface area contributed by atoms with Crippen LogP contribution < -0.4 is 5.32 Å². The molecule has 4 aromatic rings. The quantitative estimate of drug-likeness (QED) is 0.524. The smallest absolute Gasteiger partial charge is 0.259 e. The highest BCUT2D eigenvalue weighted by Crippen LogP contribution is 2.31. The minimum absolute atomic E-state index is 0.0943. The first kappa shape index (κ1) is 17.7. The molecule has 3 heterocycles. The van der Waals surface area contributed by atoms with E-state index in [4.69, 9.17) is 0 Å². The number of carbonyl (C=O) groups is 2. The number of imidazole rings is 1. The molecule has 0 aliphatic carbocycles. The maximum atomic E-state index is 12.6. The number of Topliss-reactive ketones (excluding diaryl/α,β-unsaturated/α-hetero) is 1. The van der Waals surface area contributed by atoms with E-state index >= 15 is 0 Å². The topological polar surface area (TPSA) is 89.8 Å². The summed E-state index contributed by atoms with van der Waals surface area (Å²) in [6, 6.07) is 12.8. The summed E-state index contributed by atoms with van der Waals surface area (Å²) >= 11 is 1.16. The standard InChI is InChI=1S/C20H15N5O2S/c1-13(26)18-17(14-5-3-2-4-6-14)23-20(28-18)24-19(27)15-7-8-16(22-11-15)25-10-9-21-12-25/h2-12H,1H3,(H,23,24,27). The van der Waals surface area contributed by atoms with Gasteiger partial charge in [0.2, 0.25) is 0 Å². The maximum absolute atomic E-state index is 12.6. The van der Waals surface area contributed by atoms with Crippen LogP contribution in [0, 0.1) is 0 Å². The molecule has 0 unspecified atom stereocenters. The van der Waals surface area contributed by atoms with Gasteiger partial charge in [-0.3, -0.25) is 19.5 Å². The highest BCUT2D eigenvalue weighted by molar-refractivity contribution is 7.18. The Kier molecular flexibility index (Phi) is 4.77. The highest BCUT2D eigenvalue weighted by Gasteiger charge is 2.18. The molecule has 0 fully saturated rings. The van der Waals surface area contributed by atoms with Gasteiger partial charge in [0.15, 0.2) is 10.9 Å². The number of hydrogen-bond acceptors (Lipinski definition) is 6. The summed E-state index contributed by atoms with van der Waals surface area (Å²) in [5, 5.41) is 3.12. The molecule has 138 valence electrons. The molecule has 8 heteroatoms. The van der Waals surface area contributed by atoms with Gasteiger partial charge < -0.3 is 0 Å². The van der Waals surface area contributed by atoms with Gasteiger partial charge in [-0.05, 0) is 12.1 Å². The molecule has 3 aromatic heterocycles. The second-order valence-electron chi connectivity index (χ2n) is 5.95. The van der Waals surface area contributed by atoms with E-state index in [0.717, 1.165) is 16.9 Å². The summed E-state index contributed by atoms with van der Waals surface area (Å²) < 4.78 is 1.74. The first-order valence-electron chi connectivity index (χ1n) is 8.45. The van der Waals surface area contributed by atoms with Crippen LogP contribution in [0.15, 0.2) is 67.4 Å². The number of amides is 1. The van der Waals surface area contributed by atoms with Crippen molar-refractivity contribution in [3.63, 3.8) is 0 Å². The van der Waals surface area contributed by atoms with Crippen LogP contribution >= 0.6 is 11.3 Å². The van der Waals surface area contributed by atoms with Gasteiger partial charge in [-0.1, -0.05) is 41.7 Å². The predicted octanol–water partition coefficient (Wildman–Crippen LogP) is 3.85. The molecule has 1 aromatic carbocycles. The fraction of sp³-hybridized carbons (Fsp3) is 0.0500. The Balaban J connectivity index is 1.57. The molecular formula is C20H15N5O2S. The number of thiazole rings is 1. The van der Waals surface area contributed by atoms with Crippen LogP contribution in [-0.2, 0) is 0 Å². The number of pyridine rings is 1. The van der Waals surface area contributed by atoms with Gasteiger partial charge >= 0.3 is 0 Å². The number of aromatic nitrogens is 4. The minimum atomic E-state index is -0.340. The summed E-state index contributed by atoms with van der Waals surface area (Å²) in [6.45, 7) is 1.49. The summed E-state index contributed by atoms with van der Waals surface area (Å²) in [5.74, 6) is 0.227. The van der Waals surface area contributed by atoms with E-state index in [0.29, 0.717) is 27.1 Å². The lowest BCUT2D eigenvalue weighted by Gasteiger charge is -2.04. The van der Waals surface area contributed by atoms with Crippen molar-refractivity contribution in [2.24, 2.45) is 0 Å². The predicted molar refractivity (Wildman–Crippen MR) is 107 cm³/mol. The zero-order chi connectivity index (χ0) is 19.5. The van der Waals surface area contributed by atoms with Gasteiger partial charge in [-0.15, -0.1) is 0 Å². The summed E-state index contributed by atoms with van der Waals surface area (Å²) in [6.07, 6.45) is 6.54. The van der Waals surface area contributed by atoms with Gasteiger partial charge in [0.1, 0.15) is 12.1 Å². The van der Waals surface area contributed by atoms with Gasteiger partial charge in [0.05, 0.1) is 16.1 Å². The van der Waals surface area contributed by atoms with Crippen LogP contribution in [0.2, 0.25) is 0 Å². The fourth-order valence-corrected chi connectivity index (χ4v) is 3.52. The van der Waals surface area contributed by atoms with E-state index in [-0.39, 0.29) is 11.7 Å². The van der Waals surface area contributed by atoms with E-state index in [2.05, 4.69) is 20.3 Å². The highest BCUT2D eigenvalue weighted by atomic mass is 32.1. The lowest BCUT2D eigenvalue weighted by Crippen LogP contribution is -2.12. The monoisotopic (exact) mass is 389 g/mol. The van der Waals surface area contributed by atoms with Crippen molar-refractivity contribution in [3.8, 4) is 17.1 Å². The van der Waals surface area contributed by atoms with Gasteiger partial charge in [0, 0.05) is 31.1 Å². The lowest BCUT2D eigenvalue weighted by molar-refractivity contribution is 0.101. The number of nitrogens with one attached hydrogen (secondary N) is 1. The number of rotatable bonds is 5. The van der Waals surface area contributed by atoms with Gasteiger partial charge in [-0.2, -0.15) is 0 Å². The van der Waals surface area contributed by atoms with Crippen LogP contribution in [0.1, 0.15) is 27.0 Å². The van der Waals surface area contributed by atoms with E-state index in [1.807, 2.05) is 30.3 Å². The Morgan fingerprint density at radius 1 is 1.11 bits per heavy atom. The van der Waals surface area contributed by atoms with Crippen LogP contribution in [0.25, 0.3) is 17.1 Å². The van der Waals surface area contributed by atoms with Crippen molar-refractivity contribution in [3.05, 3.63) is 77.8 Å².